The molecule has 1 amide bonds. The van der Waals surface area contributed by atoms with Crippen LogP contribution in [0, 0.1) is 20.8 Å². The Morgan fingerprint density at radius 3 is 2.58 bits per heavy atom. The summed E-state index contributed by atoms with van der Waals surface area (Å²) >= 11 is 0. The molecule has 1 unspecified atom stereocenters. The Balaban J connectivity index is 1.80. The molecule has 2 aliphatic rings. The van der Waals surface area contributed by atoms with E-state index in [4.69, 9.17) is 4.98 Å². The number of hydrogen-bond acceptors (Lipinski definition) is 3. The highest BCUT2D eigenvalue weighted by Crippen LogP contribution is 2.51. The van der Waals surface area contributed by atoms with Gasteiger partial charge in [-0.2, -0.15) is 0 Å². The Labute approximate surface area is 181 Å². The molecule has 0 fully saturated rings. The number of carbonyl (C=O) groups excluding carboxylic acids is 1. The van der Waals surface area contributed by atoms with Crippen molar-refractivity contribution in [2.75, 3.05) is 16.8 Å². The van der Waals surface area contributed by atoms with Crippen molar-refractivity contribution >= 4 is 28.3 Å². The summed E-state index contributed by atoms with van der Waals surface area (Å²) in [4.78, 5) is 21.1. The molecule has 5 heteroatoms. The van der Waals surface area contributed by atoms with Crippen molar-refractivity contribution in [2.45, 2.75) is 33.4 Å². The minimum atomic E-state index is -1.06. The van der Waals surface area contributed by atoms with E-state index in [9.17, 15) is 4.79 Å². The molecule has 0 saturated heterocycles. The van der Waals surface area contributed by atoms with Gasteiger partial charge in [0.1, 0.15) is 5.82 Å². The van der Waals surface area contributed by atoms with Crippen molar-refractivity contribution in [3.8, 4) is 11.4 Å². The molecular weight excluding hydrogens is 384 g/mol. The number of nitrogens with one attached hydrogen (secondary N) is 1. The summed E-state index contributed by atoms with van der Waals surface area (Å²) in [6.07, 6.45) is 0. The molecule has 2 aliphatic heterocycles. The SMILES string of the molecule is CCN1C(=O)C2(Nc3ccccc3-c3nc4cc(C)c(C)cc4n32)c2cc(C)ccc21. The first-order valence-electron chi connectivity index (χ1n) is 10.8. The van der Waals surface area contributed by atoms with Crippen LogP contribution in [0.5, 0.6) is 0 Å². The molecule has 0 radical (unpaired) electrons. The predicted molar refractivity (Wildman–Crippen MR) is 125 cm³/mol. The summed E-state index contributed by atoms with van der Waals surface area (Å²) in [5, 5.41) is 3.67. The van der Waals surface area contributed by atoms with Gasteiger partial charge in [-0.05, 0) is 75.2 Å². The first-order chi connectivity index (χ1) is 15.0. The van der Waals surface area contributed by atoms with Crippen molar-refractivity contribution in [1.29, 1.82) is 0 Å². The highest BCUT2D eigenvalue weighted by molar-refractivity contribution is 6.12. The number of benzene rings is 3. The van der Waals surface area contributed by atoms with Gasteiger partial charge in [0.15, 0.2) is 0 Å². The summed E-state index contributed by atoms with van der Waals surface area (Å²) in [6, 6.07) is 18.7. The summed E-state index contributed by atoms with van der Waals surface area (Å²) < 4.78 is 2.13. The van der Waals surface area contributed by atoms with Gasteiger partial charge in [-0.1, -0.05) is 23.8 Å². The number of nitrogens with zero attached hydrogens (tertiary/aromatic N) is 3. The molecule has 0 aliphatic carbocycles. The lowest BCUT2D eigenvalue weighted by molar-refractivity contribution is -0.123. The second kappa shape index (κ2) is 5.97. The Kier molecular flexibility index (Phi) is 3.51. The molecule has 154 valence electrons. The van der Waals surface area contributed by atoms with Gasteiger partial charge in [0.25, 0.3) is 5.91 Å². The van der Waals surface area contributed by atoms with Crippen LogP contribution in [0.3, 0.4) is 0 Å². The first-order valence-corrected chi connectivity index (χ1v) is 10.8. The van der Waals surface area contributed by atoms with E-state index < -0.39 is 5.66 Å². The summed E-state index contributed by atoms with van der Waals surface area (Å²) in [6.45, 7) is 8.92. The highest BCUT2D eigenvalue weighted by atomic mass is 16.2. The molecule has 31 heavy (non-hydrogen) atoms. The van der Waals surface area contributed by atoms with Gasteiger partial charge >= 0.3 is 0 Å². The normalized spacial score (nSPS) is 18.8. The largest absolute Gasteiger partial charge is 0.350 e. The standard InChI is InChI=1S/C26H24N4O/c1-5-29-22-11-10-15(2)12-19(22)26(25(29)31)28-20-9-7-6-8-18(20)24-27-21-13-16(3)17(4)14-23(21)30(24)26/h6-14,28H,5H2,1-4H3. The van der Waals surface area contributed by atoms with Gasteiger partial charge in [0, 0.05) is 23.4 Å². The van der Waals surface area contributed by atoms with E-state index in [0.29, 0.717) is 6.54 Å². The second-order valence-corrected chi connectivity index (χ2v) is 8.65. The number of aromatic nitrogens is 2. The third-order valence-electron chi connectivity index (χ3n) is 6.79. The fourth-order valence-corrected chi connectivity index (χ4v) is 5.14. The maximum absolute atomic E-state index is 14.2. The topological polar surface area (TPSA) is 50.2 Å². The molecule has 0 saturated carbocycles. The third kappa shape index (κ3) is 2.16. The smallest absolute Gasteiger partial charge is 0.279 e. The maximum atomic E-state index is 14.2. The van der Waals surface area contributed by atoms with Gasteiger partial charge in [-0.3, -0.25) is 9.36 Å². The molecular formula is C26H24N4O. The Morgan fingerprint density at radius 2 is 1.77 bits per heavy atom. The van der Waals surface area contributed by atoms with Crippen molar-refractivity contribution in [3.63, 3.8) is 0 Å². The first kappa shape index (κ1) is 18.2. The summed E-state index contributed by atoms with van der Waals surface area (Å²) in [7, 11) is 0. The average molecular weight is 409 g/mol. The number of anilines is 2. The van der Waals surface area contributed by atoms with Crippen molar-refractivity contribution in [2.24, 2.45) is 0 Å². The minimum Gasteiger partial charge on any atom is -0.350 e. The molecule has 4 aromatic rings. The molecule has 0 bridgehead atoms. The van der Waals surface area contributed by atoms with Crippen molar-refractivity contribution in [3.05, 3.63) is 76.9 Å². The second-order valence-electron chi connectivity index (χ2n) is 8.65. The van der Waals surface area contributed by atoms with Crippen LogP contribution < -0.4 is 10.2 Å². The number of para-hydroxylation sites is 1. The monoisotopic (exact) mass is 408 g/mol. The number of aryl methyl sites for hydroxylation is 3. The van der Waals surface area contributed by atoms with E-state index in [1.807, 2.05) is 30.0 Å². The van der Waals surface area contributed by atoms with E-state index in [1.54, 1.807) is 0 Å². The van der Waals surface area contributed by atoms with Crippen LogP contribution in [-0.4, -0.2) is 22.0 Å². The van der Waals surface area contributed by atoms with Crippen LogP contribution in [0.4, 0.5) is 11.4 Å². The lowest BCUT2D eigenvalue weighted by Crippen LogP contribution is -2.53. The molecule has 1 spiro atoms. The van der Waals surface area contributed by atoms with Crippen molar-refractivity contribution in [1.82, 2.24) is 9.55 Å². The number of carbonyl (C=O) groups is 1. The van der Waals surface area contributed by atoms with Crippen LogP contribution >= 0.6 is 0 Å². The minimum absolute atomic E-state index is 0.0314. The van der Waals surface area contributed by atoms with E-state index in [1.165, 1.54) is 11.1 Å². The van der Waals surface area contributed by atoms with Crippen LogP contribution in [0.25, 0.3) is 22.4 Å². The summed E-state index contributed by atoms with van der Waals surface area (Å²) in [5.74, 6) is 0.858. The zero-order chi connectivity index (χ0) is 21.5. The zero-order valence-corrected chi connectivity index (χ0v) is 18.2. The number of fused-ring (bicyclic) bond motifs is 8. The molecule has 3 aromatic carbocycles. The average Bonchev–Trinajstić information content (AvgIpc) is 3.23. The third-order valence-corrected chi connectivity index (χ3v) is 6.79. The highest BCUT2D eigenvalue weighted by Gasteiger charge is 2.56. The van der Waals surface area contributed by atoms with E-state index >= 15 is 0 Å². The van der Waals surface area contributed by atoms with E-state index in [2.05, 4.69) is 67.1 Å². The van der Waals surface area contributed by atoms with E-state index in [0.717, 1.165) is 44.9 Å². The van der Waals surface area contributed by atoms with Gasteiger partial charge in [-0.15, -0.1) is 0 Å². The van der Waals surface area contributed by atoms with Gasteiger partial charge in [0.05, 0.1) is 16.7 Å². The van der Waals surface area contributed by atoms with E-state index in [-0.39, 0.29) is 5.91 Å². The van der Waals surface area contributed by atoms with Crippen LogP contribution in [0.1, 0.15) is 29.2 Å². The molecule has 1 atom stereocenters. The summed E-state index contributed by atoms with van der Waals surface area (Å²) in [5.41, 5.74) is 8.21. The lowest BCUT2D eigenvalue weighted by Gasteiger charge is -2.38. The lowest BCUT2D eigenvalue weighted by atomic mass is 9.94. The quantitative estimate of drug-likeness (QED) is 0.475. The molecule has 1 N–H and O–H groups in total. The van der Waals surface area contributed by atoms with Gasteiger partial charge in [0.2, 0.25) is 5.66 Å². The fraction of sp³-hybridized carbons (Fsp3) is 0.231. The Hall–Kier alpha value is -3.60. The Morgan fingerprint density at radius 1 is 1.00 bits per heavy atom. The van der Waals surface area contributed by atoms with Gasteiger partial charge < -0.3 is 10.2 Å². The van der Waals surface area contributed by atoms with Crippen molar-refractivity contribution < 1.29 is 4.79 Å². The molecule has 5 nitrogen and oxygen atoms in total. The number of amides is 1. The molecule has 6 rings (SSSR count). The molecule has 1 aromatic heterocycles. The predicted octanol–water partition coefficient (Wildman–Crippen LogP) is 5.12. The Bertz CT molecular complexity index is 1420. The van der Waals surface area contributed by atoms with Crippen LogP contribution in [0.2, 0.25) is 0 Å². The maximum Gasteiger partial charge on any atom is 0.279 e. The van der Waals surface area contributed by atoms with Crippen LogP contribution in [-0.2, 0) is 10.5 Å². The number of imidazole rings is 1. The number of rotatable bonds is 1. The van der Waals surface area contributed by atoms with Gasteiger partial charge in [-0.25, -0.2) is 4.98 Å². The van der Waals surface area contributed by atoms with Crippen LogP contribution in [0.15, 0.2) is 54.6 Å². The fourth-order valence-electron chi connectivity index (χ4n) is 5.14. The zero-order valence-electron chi connectivity index (χ0n) is 18.2. The number of hydrogen-bond donors (Lipinski definition) is 1. The molecule has 3 heterocycles. The number of likely N-dealkylation sites (N-methyl/N-ethyl adjacent to an activating group) is 1.